The van der Waals surface area contributed by atoms with Crippen LogP contribution in [0.25, 0.3) is 0 Å². The molecule has 0 unspecified atom stereocenters. The van der Waals surface area contributed by atoms with Crippen molar-refractivity contribution in [2.75, 3.05) is 5.33 Å². The number of nitrogens with zero attached hydrogens (tertiary/aromatic N) is 1. The van der Waals surface area contributed by atoms with E-state index in [2.05, 4.69) is 20.9 Å². The predicted molar refractivity (Wildman–Crippen MR) is 47.4 cm³/mol. The lowest BCUT2D eigenvalue weighted by Gasteiger charge is -2.08. The number of carbonyl (C=O) groups excluding carboxylic acids is 1. The van der Waals surface area contributed by atoms with E-state index in [0.717, 1.165) is 12.3 Å². The Balaban J connectivity index is 3.23. The highest BCUT2D eigenvalue weighted by atomic mass is 79.9. The fourth-order valence-corrected chi connectivity index (χ4v) is 1.23. The number of aromatic nitrogens is 1. The first-order valence-corrected chi connectivity index (χ1v) is 4.70. The van der Waals surface area contributed by atoms with Gasteiger partial charge in [0.25, 0.3) is 0 Å². The van der Waals surface area contributed by atoms with Crippen molar-refractivity contribution in [3.63, 3.8) is 0 Å². The third-order valence-corrected chi connectivity index (χ3v) is 2.01. The minimum absolute atomic E-state index is 0.151. The Bertz CT molecular complexity index is 351. The summed E-state index contributed by atoms with van der Waals surface area (Å²) >= 11 is 2.81. The fourth-order valence-electron chi connectivity index (χ4n) is 0.928. The van der Waals surface area contributed by atoms with Gasteiger partial charge in [-0.15, -0.1) is 0 Å². The van der Waals surface area contributed by atoms with E-state index in [0.29, 0.717) is 0 Å². The SMILES string of the molecule is O=C(CBr)c1cccnc1C(F)(F)F. The van der Waals surface area contributed by atoms with E-state index < -0.39 is 23.2 Å². The first kappa shape index (κ1) is 11.2. The van der Waals surface area contributed by atoms with Gasteiger partial charge in [0.1, 0.15) is 0 Å². The van der Waals surface area contributed by atoms with Crippen LogP contribution in [0, 0.1) is 0 Å². The van der Waals surface area contributed by atoms with Crippen LogP contribution in [0.4, 0.5) is 13.2 Å². The van der Waals surface area contributed by atoms with Crippen LogP contribution >= 0.6 is 15.9 Å². The van der Waals surface area contributed by atoms with E-state index in [4.69, 9.17) is 0 Å². The van der Waals surface area contributed by atoms with Crippen LogP contribution in [-0.4, -0.2) is 16.1 Å². The molecule has 1 aromatic heterocycles. The highest BCUT2D eigenvalue weighted by Gasteiger charge is 2.36. The quantitative estimate of drug-likeness (QED) is 0.609. The molecule has 14 heavy (non-hydrogen) atoms. The third kappa shape index (κ3) is 2.31. The summed E-state index contributed by atoms with van der Waals surface area (Å²) in [6.45, 7) is 0. The number of rotatable bonds is 2. The molecule has 0 aliphatic heterocycles. The number of Topliss-reactive ketones (excluding diaryl/α,β-unsaturated/α-hetero) is 1. The lowest BCUT2D eigenvalue weighted by atomic mass is 10.1. The molecule has 0 bridgehead atoms. The van der Waals surface area contributed by atoms with E-state index in [-0.39, 0.29) is 5.33 Å². The molecule has 1 heterocycles. The maximum Gasteiger partial charge on any atom is 0.434 e. The molecule has 0 N–H and O–H groups in total. The number of ketones is 1. The van der Waals surface area contributed by atoms with E-state index in [1.165, 1.54) is 6.07 Å². The van der Waals surface area contributed by atoms with Crippen LogP contribution in [0.3, 0.4) is 0 Å². The fraction of sp³-hybridized carbons (Fsp3) is 0.250. The molecule has 76 valence electrons. The molecule has 0 amide bonds. The molecule has 0 aliphatic carbocycles. The Labute approximate surface area is 86.3 Å². The molecule has 0 saturated carbocycles. The van der Waals surface area contributed by atoms with Gasteiger partial charge in [-0.1, -0.05) is 15.9 Å². The van der Waals surface area contributed by atoms with Gasteiger partial charge in [-0.05, 0) is 12.1 Å². The van der Waals surface area contributed by atoms with Crippen molar-refractivity contribution in [3.05, 3.63) is 29.6 Å². The molecule has 0 aromatic carbocycles. The zero-order valence-corrected chi connectivity index (χ0v) is 8.39. The second-order valence-corrected chi connectivity index (χ2v) is 3.01. The largest absolute Gasteiger partial charge is 0.434 e. The molecule has 0 spiro atoms. The molecule has 1 rings (SSSR count). The van der Waals surface area contributed by atoms with E-state index in [9.17, 15) is 18.0 Å². The molecule has 6 heteroatoms. The Morgan fingerprint density at radius 2 is 2.14 bits per heavy atom. The summed E-state index contributed by atoms with van der Waals surface area (Å²) in [7, 11) is 0. The minimum atomic E-state index is -4.59. The summed E-state index contributed by atoms with van der Waals surface area (Å²) in [4.78, 5) is 14.2. The monoisotopic (exact) mass is 267 g/mol. The van der Waals surface area contributed by atoms with Gasteiger partial charge in [-0.3, -0.25) is 9.78 Å². The number of pyridine rings is 1. The van der Waals surface area contributed by atoms with Gasteiger partial charge in [-0.25, -0.2) is 0 Å². The first-order valence-electron chi connectivity index (χ1n) is 3.58. The molecule has 0 saturated heterocycles. The average molecular weight is 268 g/mol. The highest BCUT2D eigenvalue weighted by Crippen LogP contribution is 2.30. The van der Waals surface area contributed by atoms with Crippen LogP contribution in [0.1, 0.15) is 16.1 Å². The maximum absolute atomic E-state index is 12.3. The second-order valence-electron chi connectivity index (χ2n) is 2.45. The summed E-state index contributed by atoms with van der Waals surface area (Å²) in [5, 5.41) is -0.151. The lowest BCUT2D eigenvalue weighted by Crippen LogP contribution is -2.15. The van der Waals surface area contributed by atoms with Crippen molar-refractivity contribution < 1.29 is 18.0 Å². The zero-order chi connectivity index (χ0) is 10.8. The number of hydrogen-bond donors (Lipinski definition) is 0. The summed E-state index contributed by atoms with van der Waals surface area (Å²) in [5.74, 6) is -0.634. The average Bonchev–Trinajstić information content (AvgIpc) is 2.15. The van der Waals surface area contributed by atoms with Crippen LogP contribution in [0.15, 0.2) is 18.3 Å². The van der Waals surface area contributed by atoms with Gasteiger partial charge >= 0.3 is 6.18 Å². The van der Waals surface area contributed by atoms with Gasteiger partial charge < -0.3 is 0 Å². The van der Waals surface area contributed by atoms with Crippen LogP contribution < -0.4 is 0 Å². The molecule has 0 fully saturated rings. The van der Waals surface area contributed by atoms with Crippen LogP contribution in [0.2, 0.25) is 0 Å². The van der Waals surface area contributed by atoms with Gasteiger partial charge in [0.05, 0.1) is 5.33 Å². The Morgan fingerprint density at radius 3 is 2.64 bits per heavy atom. The molecule has 0 aliphatic rings. The first-order chi connectivity index (χ1) is 6.46. The third-order valence-electron chi connectivity index (χ3n) is 1.50. The van der Waals surface area contributed by atoms with Crippen LogP contribution in [0.5, 0.6) is 0 Å². The van der Waals surface area contributed by atoms with Gasteiger partial charge in [0.15, 0.2) is 11.5 Å². The molecular weight excluding hydrogens is 263 g/mol. The minimum Gasteiger partial charge on any atom is -0.293 e. The van der Waals surface area contributed by atoms with E-state index >= 15 is 0 Å². The molecule has 2 nitrogen and oxygen atoms in total. The Kier molecular flexibility index (Phi) is 3.25. The topological polar surface area (TPSA) is 30.0 Å². The highest BCUT2D eigenvalue weighted by molar-refractivity contribution is 9.09. The molecular formula is C8H5BrF3NO. The van der Waals surface area contributed by atoms with Gasteiger partial charge in [0, 0.05) is 11.8 Å². The summed E-state index contributed by atoms with van der Waals surface area (Å²) in [6.07, 6.45) is -3.58. The molecule has 0 atom stereocenters. The van der Waals surface area contributed by atoms with Crippen molar-refractivity contribution in [1.82, 2.24) is 4.98 Å². The normalized spacial score (nSPS) is 11.4. The summed E-state index contributed by atoms with van der Waals surface area (Å²) in [5.41, 5.74) is -1.54. The van der Waals surface area contributed by atoms with Crippen molar-refractivity contribution >= 4 is 21.7 Å². The lowest BCUT2D eigenvalue weighted by molar-refractivity contribution is -0.141. The summed E-state index contributed by atoms with van der Waals surface area (Å²) in [6, 6.07) is 2.41. The van der Waals surface area contributed by atoms with Crippen molar-refractivity contribution in [3.8, 4) is 0 Å². The number of hydrogen-bond acceptors (Lipinski definition) is 2. The smallest absolute Gasteiger partial charge is 0.293 e. The van der Waals surface area contributed by atoms with Gasteiger partial charge in [0.2, 0.25) is 0 Å². The van der Waals surface area contributed by atoms with E-state index in [1.54, 1.807) is 0 Å². The number of halogens is 4. The van der Waals surface area contributed by atoms with Crippen molar-refractivity contribution in [1.29, 1.82) is 0 Å². The number of carbonyl (C=O) groups is 1. The van der Waals surface area contributed by atoms with Gasteiger partial charge in [-0.2, -0.15) is 13.2 Å². The summed E-state index contributed by atoms with van der Waals surface area (Å²) < 4.78 is 36.9. The standard InChI is InChI=1S/C8H5BrF3NO/c9-4-6(14)5-2-1-3-13-7(5)8(10,11)12/h1-3H,4H2. The number of alkyl halides is 4. The Hall–Kier alpha value is -0.910. The zero-order valence-electron chi connectivity index (χ0n) is 6.81. The second kappa shape index (κ2) is 4.08. The van der Waals surface area contributed by atoms with E-state index in [1.807, 2.05) is 0 Å². The maximum atomic E-state index is 12.3. The Morgan fingerprint density at radius 1 is 1.50 bits per heavy atom. The molecule has 1 aromatic rings. The van der Waals surface area contributed by atoms with Crippen molar-refractivity contribution in [2.24, 2.45) is 0 Å². The van der Waals surface area contributed by atoms with Crippen LogP contribution in [-0.2, 0) is 6.18 Å². The predicted octanol–water partition coefficient (Wildman–Crippen LogP) is 2.68. The van der Waals surface area contributed by atoms with Crippen molar-refractivity contribution in [2.45, 2.75) is 6.18 Å². The molecule has 0 radical (unpaired) electrons.